The van der Waals surface area contributed by atoms with Gasteiger partial charge in [0.2, 0.25) is 17.7 Å². The molecule has 0 aromatic rings. The Morgan fingerprint density at radius 3 is 2.36 bits per heavy atom. The number of hydrogen-bond donors (Lipinski definition) is 1. The van der Waals surface area contributed by atoms with E-state index in [1.165, 1.54) is 0 Å². The minimum atomic E-state index is -0.0858. The lowest BCUT2D eigenvalue weighted by atomic mass is 10.2. The molecule has 1 rings (SSSR count). The van der Waals surface area contributed by atoms with Crippen LogP contribution in [0.5, 0.6) is 0 Å². The van der Waals surface area contributed by atoms with Crippen LogP contribution in [0.15, 0.2) is 0 Å². The SMILES string of the molecule is CCCN(CCC)C(=O)CCCC(=O)NC1CC(=O)N(C)C1. The molecule has 1 aliphatic rings. The highest BCUT2D eigenvalue weighted by atomic mass is 16.2. The molecule has 6 nitrogen and oxygen atoms in total. The molecule has 1 N–H and O–H groups in total. The quantitative estimate of drug-likeness (QED) is 0.694. The van der Waals surface area contributed by atoms with Crippen molar-refractivity contribution in [3.8, 4) is 0 Å². The zero-order valence-corrected chi connectivity index (χ0v) is 14.1. The Kier molecular flexibility index (Phi) is 7.91. The van der Waals surface area contributed by atoms with E-state index in [4.69, 9.17) is 0 Å². The third-order valence-corrected chi connectivity index (χ3v) is 3.84. The first kappa shape index (κ1) is 18.5. The first-order chi connectivity index (χ1) is 10.5. The maximum absolute atomic E-state index is 12.1. The number of carbonyl (C=O) groups is 3. The van der Waals surface area contributed by atoms with E-state index in [0.29, 0.717) is 32.2 Å². The summed E-state index contributed by atoms with van der Waals surface area (Å²) in [4.78, 5) is 38.8. The number of carbonyl (C=O) groups excluding carboxylic acids is 3. The average Bonchev–Trinajstić information content (AvgIpc) is 2.76. The third kappa shape index (κ3) is 6.03. The van der Waals surface area contributed by atoms with Crippen molar-refractivity contribution in [2.24, 2.45) is 0 Å². The summed E-state index contributed by atoms with van der Waals surface area (Å²) in [5.74, 6) is 0.126. The van der Waals surface area contributed by atoms with Gasteiger partial charge < -0.3 is 15.1 Å². The second-order valence-electron chi connectivity index (χ2n) is 5.98. The number of nitrogens with one attached hydrogen (secondary N) is 1. The van der Waals surface area contributed by atoms with Gasteiger partial charge in [0.25, 0.3) is 0 Å². The fraction of sp³-hybridized carbons (Fsp3) is 0.812. The second kappa shape index (κ2) is 9.43. The summed E-state index contributed by atoms with van der Waals surface area (Å²) < 4.78 is 0. The van der Waals surface area contributed by atoms with Gasteiger partial charge in [-0.1, -0.05) is 13.8 Å². The molecule has 1 fully saturated rings. The fourth-order valence-electron chi connectivity index (χ4n) is 2.72. The maximum atomic E-state index is 12.1. The molecule has 3 amide bonds. The van der Waals surface area contributed by atoms with Crippen LogP contribution < -0.4 is 5.32 Å². The van der Waals surface area contributed by atoms with Crippen molar-refractivity contribution in [1.29, 1.82) is 0 Å². The molecule has 0 aliphatic carbocycles. The number of nitrogens with zero attached hydrogens (tertiary/aromatic N) is 2. The Balaban J connectivity index is 2.24. The summed E-state index contributed by atoms with van der Waals surface area (Å²) in [5.41, 5.74) is 0. The van der Waals surface area contributed by atoms with E-state index in [2.05, 4.69) is 19.2 Å². The van der Waals surface area contributed by atoms with Crippen LogP contribution in [0.1, 0.15) is 52.4 Å². The minimum Gasteiger partial charge on any atom is -0.351 e. The number of likely N-dealkylation sites (N-methyl/N-ethyl adjacent to an activating group) is 1. The van der Waals surface area contributed by atoms with Crippen molar-refractivity contribution in [1.82, 2.24) is 15.1 Å². The molecule has 1 atom stereocenters. The van der Waals surface area contributed by atoms with Crippen molar-refractivity contribution in [3.63, 3.8) is 0 Å². The minimum absolute atomic E-state index is 0.0650. The van der Waals surface area contributed by atoms with Crippen LogP contribution in [-0.2, 0) is 14.4 Å². The summed E-state index contributed by atoms with van der Waals surface area (Å²) in [6, 6.07) is -0.0858. The molecule has 0 spiro atoms. The van der Waals surface area contributed by atoms with Crippen LogP contribution >= 0.6 is 0 Å². The van der Waals surface area contributed by atoms with Crippen LogP contribution in [0.25, 0.3) is 0 Å². The molecule has 1 aliphatic heterocycles. The molecular formula is C16H29N3O3. The van der Waals surface area contributed by atoms with Gasteiger partial charge in [0.15, 0.2) is 0 Å². The fourth-order valence-corrected chi connectivity index (χ4v) is 2.72. The molecule has 1 unspecified atom stereocenters. The normalized spacial score (nSPS) is 17.7. The zero-order valence-electron chi connectivity index (χ0n) is 14.1. The molecule has 1 heterocycles. The van der Waals surface area contributed by atoms with Gasteiger partial charge in [0.1, 0.15) is 0 Å². The largest absolute Gasteiger partial charge is 0.351 e. The van der Waals surface area contributed by atoms with Gasteiger partial charge in [0, 0.05) is 45.9 Å². The van der Waals surface area contributed by atoms with Gasteiger partial charge in [-0.15, -0.1) is 0 Å². The Morgan fingerprint density at radius 2 is 1.86 bits per heavy atom. The van der Waals surface area contributed by atoms with Crippen molar-refractivity contribution >= 4 is 17.7 Å². The third-order valence-electron chi connectivity index (χ3n) is 3.84. The summed E-state index contributed by atoms with van der Waals surface area (Å²) in [6.07, 6.45) is 3.60. The lowest BCUT2D eigenvalue weighted by molar-refractivity contribution is -0.131. The van der Waals surface area contributed by atoms with E-state index >= 15 is 0 Å². The molecule has 0 radical (unpaired) electrons. The van der Waals surface area contributed by atoms with Crippen LogP contribution in [0, 0.1) is 0 Å². The number of amides is 3. The maximum Gasteiger partial charge on any atom is 0.224 e. The predicted molar refractivity (Wildman–Crippen MR) is 85.2 cm³/mol. The lowest BCUT2D eigenvalue weighted by Gasteiger charge is -2.21. The first-order valence-corrected chi connectivity index (χ1v) is 8.29. The van der Waals surface area contributed by atoms with Gasteiger partial charge in [-0.05, 0) is 19.3 Å². The van der Waals surface area contributed by atoms with Gasteiger partial charge >= 0.3 is 0 Å². The van der Waals surface area contributed by atoms with Crippen molar-refractivity contribution in [2.45, 2.75) is 58.4 Å². The van der Waals surface area contributed by atoms with Crippen molar-refractivity contribution in [3.05, 3.63) is 0 Å². The molecule has 126 valence electrons. The highest BCUT2D eigenvalue weighted by molar-refractivity contribution is 5.82. The van der Waals surface area contributed by atoms with E-state index in [0.717, 1.165) is 25.9 Å². The van der Waals surface area contributed by atoms with Gasteiger partial charge in [-0.25, -0.2) is 0 Å². The lowest BCUT2D eigenvalue weighted by Crippen LogP contribution is -2.36. The standard InChI is InChI=1S/C16H29N3O3/c1-4-9-19(10-5-2)15(21)8-6-7-14(20)17-13-11-16(22)18(3)12-13/h13H,4-12H2,1-3H3,(H,17,20). The van der Waals surface area contributed by atoms with E-state index < -0.39 is 0 Å². The van der Waals surface area contributed by atoms with Crippen LogP contribution in [0.4, 0.5) is 0 Å². The number of likely N-dealkylation sites (tertiary alicyclic amines) is 1. The van der Waals surface area contributed by atoms with E-state index in [9.17, 15) is 14.4 Å². The molecule has 1 saturated heterocycles. The molecular weight excluding hydrogens is 282 g/mol. The molecule has 0 aromatic heterocycles. The Bertz CT molecular complexity index is 392. The molecule has 0 saturated carbocycles. The van der Waals surface area contributed by atoms with E-state index in [1.807, 2.05) is 4.90 Å². The van der Waals surface area contributed by atoms with Gasteiger partial charge in [-0.3, -0.25) is 14.4 Å². The summed E-state index contributed by atoms with van der Waals surface area (Å²) in [5, 5.41) is 2.87. The molecule has 22 heavy (non-hydrogen) atoms. The van der Waals surface area contributed by atoms with E-state index in [-0.39, 0.29) is 23.8 Å². The van der Waals surface area contributed by atoms with Crippen LogP contribution in [0.3, 0.4) is 0 Å². The summed E-state index contributed by atoms with van der Waals surface area (Å²) in [7, 11) is 1.74. The molecule has 6 heteroatoms. The van der Waals surface area contributed by atoms with Crippen LogP contribution in [-0.4, -0.2) is 60.2 Å². The highest BCUT2D eigenvalue weighted by Gasteiger charge is 2.27. The smallest absolute Gasteiger partial charge is 0.224 e. The Hall–Kier alpha value is -1.59. The zero-order chi connectivity index (χ0) is 16.5. The van der Waals surface area contributed by atoms with Crippen LogP contribution in [0.2, 0.25) is 0 Å². The highest BCUT2D eigenvalue weighted by Crippen LogP contribution is 2.09. The van der Waals surface area contributed by atoms with Gasteiger partial charge in [0.05, 0.1) is 6.04 Å². The van der Waals surface area contributed by atoms with Crippen molar-refractivity contribution < 1.29 is 14.4 Å². The average molecular weight is 311 g/mol. The predicted octanol–water partition coefficient (Wildman–Crippen LogP) is 1.15. The Labute approximate surface area is 133 Å². The Morgan fingerprint density at radius 1 is 1.23 bits per heavy atom. The monoisotopic (exact) mass is 311 g/mol. The molecule has 0 aromatic carbocycles. The first-order valence-electron chi connectivity index (χ1n) is 8.29. The van der Waals surface area contributed by atoms with E-state index in [1.54, 1.807) is 11.9 Å². The van der Waals surface area contributed by atoms with Gasteiger partial charge in [-0.2, -0.15) is 0 Å². The second-order valence-corrected chi connectivity index (χ2v) is 5.98. The summed E-state index contributed by atoms with van der Waals surface area (Å²) in [6.45, 7) is 6.27. The number of rotatable bonds is 9. The molecule has 0 bridgehead atoms. The van der Waals surface area contributed by atoms with Crippen molar-refractivity contribution in [2.75, 3.05) is 26.7 Å². The topological polar surface area (TPSA) is 69.7 Å². The summed E-state index contributed by atoms with van der Waals surface area (Å²) >= 11 is 0. The number of hydrogen-bond acceptors (Lipinski definition) is 3.